The van der Waals surface area contributed by atoms with Gasteiger partial charge in [0.25, 0.3) is 11.4 Å². The number of nitro groups is 2. The van der Waals surface area contributed by atoms with E-state index in [0.29, 0.717) is 5.56 Å². The number of non-ortho nitro benzene ring substituents is 1. The molecule has 2 aromatic rings. The van der Waals surface area contributed by atoms with Crippen LogP contribution in [-0.4, -0.2) is 9.85 Å². The number of nitrogens with one attached hydrogen (secondary N) is 1. The Morgan fingerprint density at radius 2 is 1.67 bits per heavy atom. The van der Waals surface area contributed by atoms with Gasteiger partial charge < -0.3 is 5.32 Å². The Bertz CT molecular complexity index is 688. The van der Waals surface area contributed by atoms with Crippen LogP contribution in [-0.2, 0) is 6.54 Å². The number of anilines is 1. The van der Waals surface area contributed by atoms with Crippen LogP contribution in [0.4, 0.5) is 21.5 Å². The standard InChI is InChI=1S/C13H10FN3O4/c14-10-3-6-13(17(20)21)12(7-10)15-8-9-1-4-11(5-2-9)16(18)19/h1-7,15H,8H2. The van der Waals surface area contributed by atoms with Gasteiger partial charge in [-0.1, -0.05) is 12.1 Å². The van der Waals surface area contributed by atoms with E-state index < -0.39 is 15.7 Å². The fourth-order valence-corrected chi connectivity index (χ4v) is 1.74. The Hall–Kier alpha value is -3.03. The van der Waals surface area contributed by atoms with E-state index in [4.69, 9.17) is 0 Å². The van der Waals surface area contributed by atoms with E-state index in [0.717, 1.165) is 18.2 Å². The highest BCUT2D eigenvalue weighted by Crippen LogP contribution is 2.25. The summed E-state index contributed by atoms with van der Waals surface area (Å²) in [6, 6.07) is 8.83. The zero-order chi connectivity index (χ0) is 15.4. The van der Waals surface area contributed by atoms with Crippen molar-refractivity contribution in [2.75, 3.05) is 5.32 Å². The smallest absolute Gasteiger partial charge is 0.292 e. The molecule has 0 bridgehead atoms. The number of nitrogens with zero attached hydrogens (tertiary/aromatic N) is 2. The van der Waals surface area contributed by atoms with E-state index in [1.807, 2.05) is 0 Å². The van der Waals surface area contributed by atoms with Gasteiger partial charge in [0, 0.05) is 30.8 Å². The molecular formula is C13H10FN3O4. The van der Waals surface area contributed by atoms with Crippen LogP contribution in [0.5, 0.6) is 0 Å². The first-order chi connectivity index (χ1) is 9.97. The second-order valence-electron chi connectivity index (χ2n) is 4.20. The third-order valence-corrected chi connectivity index (χ3v) is 2.79. The molecule has 0 radical (unpaired) electrons. The quantitative estimate of drug-likeness (QED) is 0.673. The summed E-state index contributed by atoms with van der Waals surface area (Å²) in [4.78, 5) is 20.2. The Kier molecular flexibility index (Phi) is 4.07. The molecular weight excluding hydrogens is 281 g/mol. The molecule has 2 rings (SSSR count). The molecule has 0 aliphatic rings. The monoisotopic (exact) mass is 291 g/mol. The van der Waals surface area contributed by atoms with Gasteiger partial charge in [0.15, 0.2) is 0 Å². The molecule has 108 valence electrons. The lowest BCUT2D eigenvalue weighted by molar-refractivity contribution is -0.384. The highest BCUT2D eigenvalue weighted by atomic mass is 19.1. The second-order valence-corrected chi connectivity index (χ2v) is 4.20. The maximum atomic E-state index is 13.1. The third-order valence-electron chi connectivity index (χ3n) is 2.79. The Labute approximate surface area is 118 Å². The van der Waals surface area contributed by atoms with Gasteiger partial charge in [0.1, 0.15) is 11.5 Å². The van der Waals surface area contributed by atoms with Crippen LogP contribution in [0.2, 0.25) is 0 Å². The van der Waals surface area contributed by atoms with Gasteiger partial charge in [0.05, 0.1) is 9.85 Å². The van der Waals surface area contributed by atoms with Crippen molar-refractivity contribution < 1.29 is 14.2 Å². The van der Waals surface area contributed by atoms with Crippen LogP contribution < -0.4 is 5.32 Å². The molecule has 0 aromatic heterocycles. The molecule has 0 fully saturated rings. The predicted molar refractivity (Wildman–Crippen MR) is 73.5 cm³/mol. The second kappa shape index (κ2) is 5.95. The molecule has 0 aliphatic heterocycles. The summed E-state index contributed by atoms with van der Waals surface area (Å²) >= 11 is 0. The van der Waals surface area contributed by atoms with Crippen LogP contribution in [0.15, 0.2) is 42.5 Å². The SMILES string of the molecule is O=[N+]([O-])c1ccc(CNc2cc(F)ccc2[N+](=O)[O-])cc1. The van der Waals surface area contributed by atoms with E-state index in [1.165, 1.54) is 24.3 Å². The molecule has 0 atom stereocenters. The van der Waals surface area contributed by atoms with Crippen molar-refractivity contribution in [1.29, 1.82) is 0 Å². The molecule has 2 aromatic carbocycles. The minimum absolute atomic E-state index is 0.0458. The van der Waals surface area contributed by atoms with Gasteiger partial charge in [0.2, 0.25) is 0 Å². The predicted octanol–water partition coefficient (Wildman–Crippen LogP) is 3.25. The van der Waals surface area contributed by atoms with Crippen molar-refractivity contribution in [2.24, 2.45) is 0 Å². The van der Waals surface area contributed by atoms with Crippen LogP contribution >= 0.6 is 0 Å². The van der Waals surface area contributed by atoms with E-state index in [2.05, 4.69) is 5.32 Å². The van der Waals surface area contributed by atoms with Crippen LogP contribution in [0.1, 0.15) is 5.56 Å². The number of halogens is 1. The normalized spacial score (nSPS) is 10.1. The summed E-state index contributed by atoms with van der Waals surface area (Å²) in [7, 11) is 0. The number of rotatable bonds is 5. The molecule has 1 N–H and O–H groups in total. The van der Waals surface area contributed by atoms with Crippen LogP contribution in [0, 0.1) is 26.0 Å². The van der Waals surface area contributed by atoms with Crippen molar-refractivity contribution in [3.05, 3.63) is 74.1 Å². The molecule has 0 heterocycles. The maximum absolute atomic E-state index is 13.1. The van der Waals surface area contributed by atoms with Gasteiger partial charge in [-0.25, -0.2) is 4.39 Å². The van der Waals surface area contributed by atoms with Gasteiger partial charge >= 0.3 is 0 Å². The molecule has 0 aliphatic carbocycles. The number of hydrogen-bond acceptors (Lipinski definition) is 5. The van der Waals surface area contributed by atoms with Crippen molar-refractivity contribution in [3.63, 3.8) is 0 Å². The highest BCUT2D eigenvalue weighted by molar-refractivity contribution is 5.61. The molecule has 0 saturated carbocycles. The molecule has 8 heteroatoms. The molecule has 0 amide bonds. The van der Waals surface area contributed by atoms with Gasteiger partial charge in [-0.3, -0.25) is 20.2 Å². The highest BCUT2D eigenvalue weighted by Gasteiger charge is 2.14. The van der Waals surface area contributed by atoms with E-state index in [9.17, 15) is 24.6 Å². The fourth-order valence-electron chi connectivity index (χ4n) is 1.74. The van der Waals surface area contributed by atoms with E-state index in [-0.39, 0.29) is 23.6 Å². The average molecular weight is 291 g/mol. The van der Waals surface area contributed by atoms with E-state index in [1.54, 1.807) is 0 Å². The Balaban J connectivity index is 2.14. The topological polar surface area (TPSA) is 98.3 Å². The molecule has 21 heavy (non-hydrogen) atoms. The summed E-state index contributed by atoms with van der Waals surface area (Å²) in [5, 5.41) is 24.1. The third kappa shape index (κ3) is 3.50. The number of hydrogen-bond donors (Lipinski definition) is 1. The number of benzene rings is 2. The minimum atomic E-state index is -0.613. The summed E-state index contributed by atoms with van der Waals surface area (Å²) in [6.45, 7) is 0.183. The lowest BCUT2D eigenvalue weighted by Gasteiger charge is -2.07. The lowest BCUT2D eigenvalue weighted by atomic mass is 10.2. The maximum Gasteiger partial charge on any atom is 0.292 e. The molecule has 0 spiro atoms. The molecule has 7 nitrogen and oxygen atoms in total. The summed E-state index contributed by atoms with van der Waals surface area (Å²) in [5.41, 5.74) is 0.450. The number of nitro benzene ring substituents is 2. The Morgan fingerprint density at radius 3 is 2.24 bits per heavy atom. The molecule has 0 unspecified atom stereocenters. The lowest BCUT2D eigenvalue weighted by Crippen LogP contribution is -2.03. The summed E-state index contributed by atoms with van der Waals surface area (Å²) in [6.07, 6.45) is 0. The summed E-state index contributed by atoms with van der Waals surface area (Å²) in [5.74, 6) is -0.591. The van der Waals surface area contributed by atoms with Crippen LogP contribution in [0.3, 0.4) is 0 Å². The first-order valence-electron chi connectivity index (χ1n) is 5.88. The van der Waals surface area contributed by atoms with Crippen LogP contribution in [0.25, 0.3) is 0 Å². The first-order valence-corrected chi connectivity index (χ1v) is 5.88. The average Bonchev–Trinajstić information content (AvgIpc) is 2.45. The minimum Gasteiger partial charge on any atom is -0.375 e. The summed E-state index contributed by atoms with van der Waals surface area (Å²) < 4.78 is 13.1. The molecule has 0 saturated heterocycles. The fraction of sp³-hybridized carbons (Fsp3) is 0.0769. The zero-order valence-electron chi connectivity index (χ0n) is 10.7. The Morgan fingerprint density at radius 1 is 1.00 bits per heavy atom. The van der Waals surface area contributed by atoms with Gasteiger partial charge in [-0.05, 0) is 11.6 Å². The van der Waals surface area contributed by atoms with Gasteiger partial charge in [-0.2, -0.15) is 0 Å². The van der Waals surface area contributed by atoms with Gasteiger partial charge in [-0.15, -0.1) is 0 Å². The van der Waals surface area contributed by atoms with E-state index >= 15 is 0 Å². The first kappa shape index (κ1) is 14.4. The largest absolute Gasteiger partial charge is 0.375 e. The van der Waals surface area contributed by atoms with Crippen molar-refractivity contribution >= 4 is 17.1 Å². The van der Waals surface area contributed by atoms with Crippen molar-refractivity contribution in [1.82, 2.24) is 0 Å². The zero-order valence-corrected chi connectivity index (χ0v) is 10.7. The van der Waals surface area contributed by atoms with Crippen molar-refractivity contribution in [2.45, 2.75) is 6.54 Å². The van der Waals surface area contributed by atoms with Crippen molar-refractivity contribution in [3.8, 4) is 0 Å².